The van der Waals surface area contributed by atoms with Gasteiger partial charge < -0.3 is 5.32 Å². The fraction of sp³-hybridized carbons (Fsp3) is 0.455. The minimum atomic E-state index is 0.855. The fourth-order valence-electron chi connectivity index (χ4n) is 0.589. The van der Waals surface area contributed by atoms with Gasteiger partial charge in [-0.2, -0.15) is 0 Å². The van der Waals surface area contributed by atoms with E-state index in [9.17, 15) is 0 Å². The fourth-order valence-corrected chi connectivity index (χ4v) is 0.589. The highest BCUT2D eigenvalue weighted by Gasteiger charge is 1.80. The van der Waals surface area contributed by atoms with Crippen molar-refractivity contribution in [1.82, 2.24) is 5.32 Å². The molecule has 0 aromatic heterocycles. The SMILES string of the molecule is C=C(/C=C\C=C/C)CNC.CC. The summed E-state index contributed by atoms with van der Waals surface area (Å²) in [6.45, 7) is 10.7. The van der Waals surface area contributed by atoms with Crippen molar-refractivity contribution in [2.45, 2.75) is 20.8 Å². The normalized spacial score (nSPS) is 10.0. The maximum absolute atomic E-state index is 3.83. The highest BCUT2D eigenvalue weighted by Crippen LogP contribution is 1.89. The lowest BCUT2D eigenvalue weighted by molar-refractivity contribution is 0.898. The van der Waals surface area contributed by atoms with Crippen molar-refractivity contribution in [2.75, 3.05) is 13.6 Å². The lowest BCUT2D eigenvalue weighted by atomic mass is 10.3. The predicted octanol–water partition coefficient (Wildman–Crippen LogP) is 2.92. The third-order valence-corrected chi connectivity index (χ3v) is 1.04. The number of allylic oxidation sites excluding steroid dienone is 3. The molecule has 0 atom stereocenters. The molecule has 1 heteroatoms. The summed E-state index contributed by atoms with van der Waals surface area (Å²) in [4.78, 5) is 0. The second-order valence-electron chi connectivity index (χ2n) is 2.07. The van der Waals surface area contributed by atoms with Gasteiger partial charge in [0.25, 0.3) is 0 Å². The van der Waals surface area contributed by atoms with Crippen molar-refractivity contribution in [3.8, 4) is 0 Å². The van der Waals surface area contributed by atoms with Crippen LogP contribution in [0.2, 0.25) is 0 Å². The Bertz CT molecular complexity index is 143. The first-order chi connectivity index (χ1) is 5.81. The molecule has 0 radical (unpaired) electrons. The van der Waals surface area contributed by atoms with E-state index in [0.29, 0.717) is 0 Å². The number of hydrogen-bond donors (Lipinski definition) is 1. The van der Waals surface area contributed by atoms with Crippen LogP contribution in [0.5, 0.6) is 0 Å². The number of likely N-dealkylation sites (N-methyl/N-ethyl adjacent to an activating group) is 1. The van der Waals surface area contributed by atoms with Gasteiger partial charge in [-0.25, -0.2) is 0 Å². The van der Waals surface area contributed by atoms with E-state index in [1.807, 2.05) is 52.1 Å². The first kappa shape index (κ1) is 13.7. The van der Waals surface area contributed by atoms with Crippen LogP contribution in [0.25, 0.3) is 0 Å². The van der Waals surface area contributed by atoms with Crippen LogP contribution in [0.3, 0.4) is 0 Å². The Morgan fingerprint density at radius 1 is 1.33 bits per heavy atom. The standard InChI is InChI=1S/C9H15N.C2H6/c1-4-5-6-7-9(2)8-10-3;1-2/h4-7,10H,2,8H2,1,3H3;1-2H3/b5-4-,7-6-;. The minimum absolute atomic E-state index is 0.855. The summed E-state index contributed by atoms with van der Waals surface area (Å²) >= 11 is 0. The van der Waals surface area contributed by atoms with Crippen LogP contribution in [-0.2, 0) is 0 Å². The Balaban J connectivity index is 0. The van der Waals surface area contributed by atoms with Crippen LogP contribution in [0.15, 0.2) is 36.5 Å². The van der Waals surface area contributed by atoms with Gasteiger partial charge in [0.1, 0.15) is 0 Å². The van der Waals surface area contributed by atoms with Crippen LogP contribution in [0.1, 0.15) is 20.8 Å². The highest BCUT2D eigenvalue weighted by atomic mass is 14.8. The number of rotatable bonds is 4. The molecule has 0 aromatic rings. The van der Waals surface area contributed by atoms with Crippen LogP contribution >= 0.6 is 0 Å². The Morgan fingerprint density at radius 3 is 2.33 bits per heavy atom. The average Bonchev–Trinajstić information content (AvgIpc) is 2.09. The maximum Gasteiger partial charge on any atom is 0.0196 e. The third kappa shape index (κ3) is 11.9. The van der Waals surface area contributed by atoms with E-state index in [2.05, 4.69) is 11.9 Å². The summed E-state index contributed by atoms with van der Waals surface area (Å²) in [6.07, 6.45) is 7.96. The summed E-state index contributed by atoms with van der Waals surface area (Å²) in [6, 6.07) is 0. The second kappa shape index (κ2) is 12.8. The summed E-state index contributed by atoms with van der Waals surface area (Å²) in [5.41, 5.74) is 1.10. The van der Waals surface area contributed by atoms with Crippen molar-refractivity contribution in [3.63, 3.8) is 0 Å². The van der Waals surface area contributed by atoms with Crippen LogP contribution < -0.4 is 5.32 Å². The summed E-state index contributed by atoms with van der Waals surface area (Å²) in [5, 5.41) is 3.02. The molecule has 0 rings (SSSR count). The molecule has 0 saturated heterocycles. The zero-order valence-corrected chi connectivity index (χ0v) is 8.72. The molecule has 0 heterocycles. The van der Waals surface area contributed by atoms with E-state index in [1.165, 1.54) is 0 Å². The Morgan fingerprint density at radius 2 is 1.92 bits per heavy atom. The topological polar surface area (TPSA) is 12.0 Å². The van der Waals surface area contributed by atoms with Crippen molar-refractivity contribution in [1.29, 1.82) is 0 Å². The summed E-state index contributed by atoms with van der Waals surface area (Å²) in [5.74, 6) is 0. The zero-order valence-electron chi connectivity index (χ0n) is 8.72. The van der Waals surface area contributed by atoms with Crippen LogP contribution in [-0.4, -0.2) is 13.6 Å². The van der Waals surface area contributed by atoms with Gasteiger partial charge in [0.05, 0.1) is 0 Å². The molecule has 0 fully saturated rings. The molecular weight excluding hydrogens is 146 g/mol. The smallest absolute Gasteiger partial charge is 0.0196 e. The molecular formula is C11H21N. The molecule has 70 valence electrons. The lowest BCUT2D eigenvalue weighted by Crippen LogP contribution is -2.08. The number of nitrogens with one attached hydrogen (secondary N) is 1. The van der Waals surface area contributed by atoms with Gasteiger partial charge in [-0.3, -0.25) is 0 Å². The molecule has 1 nitrogen and oxygen atoms in total. The molecule has 0 spiro atoms. The quantitative estimate of drug-likeness (QED) is 0.635. The molecule has 0 aliphatic carbocycles. The first-order valence-electron chi connectivity index (χ1n) is 4.43. The molecule has 12 heavy (non-hydrogen) atoms. The zero-order chi connectivity index (χ0) is 9.82. The van der Waals surface area contributed by atoms with E-state index in [-0.39, 0.29) is 0 Å². The van der Waals surface area contributed by atoms with Crippen molar-refractivity contribution in [2.24, 2.45) is 0 Å². The monoisotopic (exact) mass is 167 g/mol. The summed E-state index contributed by atoms with van der Waals surface area (Å²) < 4.78 is 0. The molecule has 0 aliphatic heterocycles. The molecule has 0 unspecified atom stereocenters. The van der Waals surface area contributed by atoms with Gasteiger partial charge in [-0.1, -0.05) is 44.7 Å². The van der Waals surface area contributed by atoms with Gasteiger partial charge in [0.15, 0.2) is 0 Å². The van der Waals surface area contributed by atoms with Gasteiger partial charge >= 0.3 is 0 Å². The Kier molecular flexibility index (Phi) is 14.7. The molecule has 0 saturated carbocycles. The van der Waals surface area contributed by atoms with Crippen molar-refractivity contribution >= 4 is 0 Å². The molecule has 0 amide bonds. The van der Waals surface area contributed by atoms with Crippen molar-refractivity contribution in [3.05, 3.63) is 36.5 Å². The lowest BCUT2D eigenvalue weighted by Gasteiger charge is -1.94. The highest BCUT2D eigenvalue weighted by molar-refractivity contribution is 5.19. The van der Waals surface area contributed by atoms with E-state index in [4.69, 9.17) is 0 Å². The van der Waals surface area contributed by atoms with E-state index in [1.54, 1.807) is 0 Å². The predicted molar refractivity (Wildman–Crippen MR) is 58.4 cm³/mol. The van der Waals surface area contributed by atoms with E-state index in [0.717, 1.165) is 12.1 Å². The number of hydrogen-bond acceptors (Lipinski definition) is 1. The molecule has 0 aromatic carbocycles. The maximum atomic E-state index is 3.83. The third-order valence-electron chi connectivity index (χ3n) is 1.04. The van der Waals surface area contributed by atoms with Gasteiger partial charge in [0, 0.05) is 6.54 Å². The largest absolute Gasteiger partial charge is 0.316 e. The Labute approximate surface area is 76.9 Å². The molecule has 1 N–H and O–H groups in total. The van der Waals surface area contributed by atoms with Gasteiger partial charge in [-0.05, 0) is 19.5 Å². The van der Waals surface area contributed by atoms with E-state index < -0.39 is 0 Å². The van der Waals surface area contributed by atoms with Crippen molar-refractivity contribution < 1.29 is 0 Å². The second-order valence-corrected chi connectivity index (χ2v) is 2.07. The minimum Gasteiger partial charge on any atom is -0.316 e. The van der Waals surface area contributed by atoms with Gasteiger partial charge in [0.2, 0.25) is 0 Å². The first-order valence-corrected chi connectivity index (χ1v) is 4.43. The molecule has 0 aliphatic rings. The van der Waals surface area contributed by atoms with Crippen LogP contribution in [0, 0.1) is 0 Å². The Hall–Kier alpha value is -0.820. The summed E-state index contributed by atoms with van der Waals surface area (Å²) in [7, 11) is 1.91. The van der Waals surface area contributed by atoms with E-state index >= 15 is 0 Å². The van der Waals surface area contributed by atoms with Gasteiger partial charge in [-0.15, -0.1) is 0 Å². The van der Waals surface area contributed by atoms with Crippen LogP contribution in [0.4, 0.5) is 0 Å². The molecule has 0 bridgehead atoms. The average molecular weight is 167 g/mol.